The van der Waals surface area contributed by atoms with Crippen molar-refractivity contribution in [3.8, 4) is 5.75 Å². The number of aliphatic imine (C=N–C) groups is 1. The van der Waals surface area contributed by atoms with Gasteiger partial charge in [-0.25, -0.2) is 4.99 Å². The van der Waals surface area contributed by atoms with Crippen LogP contribution < -0.4 is 15.4 Å². The Labute approximate surface area is 198 Å². The van der Waals surface area contributed by atoms with Crippen molar-refractivity contribution in [1.82, 2.24) is 20.4 Å². The number of nitrogens with zero attached hydrogens (tertiary/aromatic N) is 3. The molecule has 1 aliphatic heterocycles. The maximum Gasteiger partial charge on any atom is 0.259 e. The molecule has 0 radical (unpaired) electrons. The summed E-state index contributed by atoms with van der Waals surface area (Å²) in [7, 11) is 3.44. The van der Waals surface area contributed by atoms with Crippen LogP contribution in [0.25, 0.3) is 0 Å². The van der Waals surface area contributed by atoms with E-state index in [1.54, 1.807) is 14.1 Å². The maximum absolute atomic E-state index is 11.7. The van der Waals surface area contributed by atoms with E-state index in [-0.39, 0.29) is 36.5 Å². The van der Waals surface area contributed by atoms with E-state index < -0.39 is 0 Å². The van der Waals surface area contributed by atoms with Crippen molar-refractivity contribution in [2.45, 2.75) is 46.3 Å². The molecule has 0 aliphatic carbocycles. The van der Waals surface area contributed by atoms with Crippen LogP contribution in [0.1, 0.15) is 33.3 Å². The zero-order chi connectivity index (χ0) is 21.4. The summed E-state index contributed by atoms with van der Waals surface area (Å²) in [5.41, 5.74) is 1.04. The number of benzene rings is 1. The zero-order valence-electron chi connectivity index (χ0n) is 19.1. The summed E-state index contributed by atoms with van der Waals surface area (Å²) >= 11 is 0. The van der Waals surface area contributed by atoms with Crippen molar-refractivity contribution in [2.75, 3.05) is 40.3 Å². The molecular weight excluding hydrogens is 493 g/mol. The van der Waals surface area contributed by atoms with E-state index in [2.05, 4.69) is 43.2 Å². The van der Waals surface area contributed by atoms with E-state index in [1.807, 2.05) is 24.3 Å². The highest BCUT2D eigenvalue weighted by atomic mass is 127. The summed E-state index contributed by atoms with van der Waals surface area (Å²) in [4.78, 5) is 20.5. The van der Waals surface area contributed by atoms with Crippen LogP contribution in [-0.4, -0.2) is 74.1 Å². The second kappa shape index (κ2) is 13.0. The van der Waals surface area contributed by atoms with Crippen molar-refractivity contribution in [1.29, 1.82) is 0 Å². The minimum Gasteiger partial charge on any atom is -0.484 e. The Morgan fingerprint density at radius 1 is 1.33 bits per heavy atom. The molecular formula is C22H38IN5O2. The highest BCUT2D eigenvalue weighted by Gasteiger charge is 2.31. The van der Waals surface area contributed by atoms with E-state index in [4.69, 9.17) is 9.73 Å². The number of likely N-dealkylation sites (tertiary alicyclic amines) is 1. The Hall–Kier alpha value is -1.55. The molecule has 2 atom stereocenters. The first kappa shape index (κ1) is 26.5. The third-order valence-corrected chi connectivity index (χ3v) is 5.22. The highest BCUT2D eigenvalue weighted by molar-refractivity contribution is 14.0. The second-order valence-corrected chi connectivity index (χ2v) is 8.20. The number of guanidine groups is 1. The van der Waals surface area contributed by atoms with Gasteiger partial charge in [0.15, 0.2) is 12.6 Å². The molecule has 0 aromatic heterocycles. The number of rotatable bonds is 8. The molecule has 1 saturated heterocycles. The number of amides is 1. The highest BCUT2D eigenvalue weighted by Crippen LogP contribution is 2.19. The normalized spacial score (nSPS) is 19.4. The first-order valence-electron chi connectivity index (χ1n) is 10.5. The Morgan fingerprint density at radius 2 is 2.07 bits per heavy atom. The summed E-state index contributed by atoms with van der Waals surface area (Å²) in [6, 6.07) is 8.70. The van der Waals surface area contributed by atoms with Crippen molar-refractivity contribution < 1.29 is 9.53 Å². The SMILES string of the molecule is CCNC(=NCc1cccc(OCC(=O)N(C)C)c1)NC1CN(C(C)C)CC1C.I. The van der Waals surface area contributed by atoms with E-state index in [1.165, 1.54) is 4.90 Å². The summed E-state index contributed by atoms with van der Waals surface area (Å²) in [5.74, 6) is 2.03. The average molecular weight is 531 g/mol. The van der Waals surface area contributed by atoms with E-state index in [0.29, 0.717) is 30.3 Å². The zero-order valence-corrected chi connectivity index (χ0v) is 21.5. The van der Waals surface area contributed by atoms with E-state index in [9.17, 15) is 4.79 Å². The molecule has 30 heavy (non-hydrogen) atoms. The number of ether oxygens (including phenoxy) is 1. The number of carbonyl (C=O) groups is 1. The van der Waals surface area contributed by atoms with Gasteiger partial charge in [-0.3, -0.25) is 9.69 Å². The summed E-state index contributed by atoms with van der Waals surface area (Å²) in [5, 5.41) is 6.96. The lowest BCUT2D eigenvalue weighted by molar-refractivity contribution is -0.130. The molecule has 8 heteroatoms. The first-order valence-corrected chi connectivity index (χ1v) is 10.5. The molecule has 2 N–H and O–H groups in total. The third-order valence-electron chi connectivity index (χ3n) is 5.22. The van der Waals surface area contributed by atoms with Gasteiger partial charge in [0.05, 0.1) is 6.54 Å². The van der Waals surface area contributed by atoms with Gasteiger partial charge in [0.25, 0.3) is 5.91 Å². The maximum atomic E-state index is 11.7. The van der Waals surface area contributed by atoms with E-state index in [0.717, 1.165) is 31.2 Å². The average Bonchev–Trinajstić information content (AvgIpc) is 3.05. The largest absolute Gasteiger partial charge is 0.484 e. The Kier molecular flexibility index (Phi) is 11.5. The molecule has 1 heterocycles. The summed E-state index contributed by atoms with van der Waals surface area (Å²) in [6.45, 7) is 12.4. The number of hydrogen-bond acceptors (Lipinski definition) is 4. The van der Waals surface area contributed by atoms with Crippen molar-refractivity contribution in [2.24, 2.45) is 10.9 Å². The van der Waals surface area contributed by atoms with Gasteiger partial charge < -0.3 is 20.3 Å². The number of likely N-dealkylation sites (N-methyl/N-ethyl adjacent to an activating group) is 1. The van der Waals surface area contributed by atoms with Crippen molar-refractivity contribution in [3.05, 3.63) is 29.8 Å². The molecule has 1 aromatic carbocycles. The van der Waals surface area contributed by atoms with Crippen LogP contribution >= 0.6 is 24.0 Å². The van der Waals surface area contributed by atoms with Crippen LogP contribution in [0, 0.1) is 5.92 Å². The Morgan fingerprint density at radius 3 is 2.67 bits per heavy atom. The van der Waals surface area contributed by atoms with Gasteiger partial charge in [-0.2, -0.15) is 0 Å². The van der Waals surface area contributed by atoms with Crippen LogP contribution in [0.2, 0.25) is 0 Å². The minimum absolute atomic E-state index is 0. The molecule has 2 rings (SSSR count). The Balaban J connectivity index is 0.00000450. The van der Waals surface area contributed by atoms with Gasteiger partial charge in [-0.1, -0.05) is 19.1 Å². The molecule has 0 spiro atoms. The lowest BCUT2D eigenvalue weighted by Crippen LogP contribution is -2.46. The number of halogens is 1. The van der Waals surface area contributed by atoms with Crippen LogP contribution in [-0.2, 0) is 11.3 Å². The predicted octanol–water partition coefficient (Wildman–Crippen LogP) is 2.56. The van der Waals surface area contributed by atoms with Crippen LogP contribution in [0.4, 0.5) is 0 Å². The number of carbonyl (C=O) groups excluding carboxylic acids is 1. The molecule has 1 aromatic rings. The number of hydrogen-bond donors (Lipinski definition) is 2. The fraction of sp³-hybridized carbons (Fsp3) is 0.636. The molecule has 0 bridgehead atoms. The second-order valence-electron chi connectivity index (χ2n) is 8.20. The van der Waals surface area contributed by atoms with Crippen molar-refractivity contribution >= 4 is 35.8 Å². The molecule has 0 saturated carbocycles. The fourth-order valence-corrected chi connectivity index (χ4v) is 3.29. The van der Waals surface area contributed by atoms with Gasteiger partial charge >= 0.3 is 0 Å². The standard InChI is InChI=1S/C22H37N5O2.HI/c1-7-23-22(25-20-14-27(16(2)3)13-17(20)4)24-12-18-9-8-10-19(11-18)29-15-21(28)26(5)6;/h8-11,16-17,20H,7,12-15H2,1-6H3,(H2,23,24,25);1H. The van der Waals surface area contributed by atoms with Crippen LogP contribution in [0.15, 0.2) is 29.3 Å². The molecule has 1 aliphatic rings. The lowest BCUT2D eigenvalue weighted by Gasteiger charge is -2.22. The van der Waals surface area contributed by atoms with Gasteiger partial charge in [0.1, 0.15) is 5.75 Å². The van der Waals surface area contributed by atoms with Crippen LogP contribution in [0.3, 0.4) is 0 Å². The number of nitrogens with one attached hydrogen (secondary N) is 2. The molecule has 1 amide bonds. The smallest absolute Gasteiger partial charge is 0.259 e. The Bertz CT molecular complexity index is 696. The summed E-state index contributed by atoms with van der Waals surface area (Å²) < 4.78 is 5.60. The topological polar surface area (TPSA) is 69.2 Å². The van der Waals surface area contributed by atoms with E-state index >= 15 is 0 Å². The first-order chi connectivity index (χ1) is 13.8. The van der Waals surface area contributed by atoms with Gasteiger partial charge in [0, 0.05) is 45.8 Å². The van der Waals surface area contributed by atoms with Gasteiger partial charge in [0.2, 0.25) is 0 Å². The molecule has 1 fully saturated rings. The van der Waals surface area contributed by atoms with Crippen LogP contribution in [0.5, 0.6) is 5.75 Å². The fourth-order valence-electron chi connectivity index (χ4n) is 3.29. The quantitative estimate of drug-likeness (QED) is 0.307. The van der Waals surface area contributed by atoms with Gasteiger partial charge in [-0.05, 0) is 44.4 Å². The molecule has 170 valence electrons. The molecule has 2 unspecified atom stereocenters. The lowest BCUT2D eigenvalue weighted by atomic mass is 10.1. The van der Waals surface area contributed by atoms with Crippen molar-refractivity contribution in [3.63, 3.8) is 0 Å². The minimum atomic E-state index is -0.0619. The van der Waals surface area contributed by atoms with Gasteiger partial charge in [-0.15, -0.1) is 24.0 Å². The molecule has 7 nitrogen and oxygen atoms in total. The monoisotopic (exact) mass is 531 g/mol. The third kappa shape index (κ3) is 8.29. The predicted molar refractivity (Wildman–Crippen MR) is 134 cm³/mol. The summed E-state index contributed by atoms with van der Waals surface area (Å²) in [6.07, 6.45) is 0.